The van der Waals surface area contributed by atoms with Crippen molar-refractivity contribution in [3.63, 3.8) is 0 Å². The first-order valence-corrected chi connectivity index (χ1v) is 19.4. The lowest BCUT2D eigenvalue weighted by Crippen LogP contribution is -2.09. The first-order chi connectivity index (χ1) is 28.7. The molecular weight excluding hydrogens is 709 g/mol. The standard InChI is InChI=1S/C53H34N4O/c1-3-13-35(14-4-1)36-25-28-41(29-26-36)57(40-19-5-2-6-20-40)42-30-32-46-45-31-27-39(33-49(45)58-50(46)34-42)51-54-52(47-23-11-17-37-15-7-9-21-43(37)47)56-53(55-51)48-24-12-18-38-16-8-10-22-44(38)48/h1-34H. The van der Waals surface area contributed by atoms with E-state index in [1.54, 1.807) is 0 Å². The highest BCUT2D eigenvalue weighted by molar-refractivity contribution is 6.07. The Balaban J connectivity index is 1.03. The fraction of sp³-hybridized carbons (Fsp3) is 0. The number of anilines is 3. The van der Waals surface area contributed by atoms with Gasteiger partial charge in [-0.1, -0.05) is 152 Å². The predicted octanol–water partition coefficient (Wildman–Crippen LogP) is 14.2. The van der Waals surface area contributed by atoms with Gasteiger partial charge in [0.25, 0.3) is 0 Å². The maximum atomic E-state index is 6.70. The highest BCUT2D eigenvalue weighted by Gasteiger charge is 2.19. The second-order valence-electron chi connectivity index (χ2n) is 14.4. The van der Waals surface area contributed by atoms with Crippen molar-refractivity contribution >= 4 is 60.5 Å². The Labute approximate surface area is 335 Å². The van der Waals surface area contributed by atoms with Gasteiger partial charge in [0.05, 0.1) is 0 Å². The highest BCUT2D eigenvalue weighted by Crippen LogP contribution is 2.40. The number of fused-ring (bicyclic) bond motifs is 5. The van der Waals surface area contributed by atoms with Crippen LogP contribution in [0.15, 0.2) is 211 Å². The number of para-hydroxylation sites is 1. The molecule has 272 valence electrons. The van der Waals surface area contributed by atoms with Gasteiger partial charge >= 0.3 is 0 Å². The molecule has 0 aliphatic carbocycles. The lowest BCUT2D eigenvalue weighted by molar-refractivity contribution is 0.669. The lowest BCUT2D eigenvalue weighted by Gasteiger charge is -2.25. The van der Waals surface area contributed by atoms with E-state index < -0.39 is 0 Å². The summed E-state index contributed by atoms with van der Waals surface area (Å²) in [4.78, 5) is 17.7. The maximum Gasteiger partial charge on any atom is 0.164 e. The molecule has 58 heavy (non-hydrogen) atoms. The van der Waals surface area contributed by atoms with Gasteiger partial charge in [0.2, 0.25) is 0 Å². The van der Waals surface area contributed by atoms with Gasteiger partial charge in [-0.3, -0.25) is 0 Å². The van der Waals surface area contributed by atoms with Crippen molar-refractivity contribution in [1.29, 1.82) is 0 Å². The van der Waals surface area contributed by atoms with E-state index in [0.29, 0.717) is 17.5 Å². The van der Waals surface area contributed by atoms with Crippen LogP contribution in [0.5, 0.6) is 0 Å². The molecule has 0 bridgehead atoms. The third-order valence-corrected chi connectivity index (χ3v) is 10.9. The number of benzene rings is 9. The number of hydrogen-bond donors (Lipinski definition) is 0. The summed E-state index contributed by atoms with van der Waals surface area (Å²) in [5.41, 5.74) is 9.81. The average Bonchev–Trinajstić information content (AvgIpc) is 3.67. The van der Waals surface area contributed by atoms with E-state index in [9.17, 15) is 0 Å². The fourth-order valence-corrected chi connectivity index (χ4v) is 8.09. The first kappa shape index (κ1) is 33.4. The average molecular weight is 743 g/mol. The maximum absolute atomic E-state index is 6.70. The molecule has 5 heteroatoms. The summed E-state index contributed by atoms with van der Waals surface area (Å²) >= 11 is 0. The SMILES string of the molecule is c1ccc(-c2ccc(N(c3ccccc3)c3ccc4c(c3)oc3cc(-c5nc(-c6cccc7ccccc67)nc(-c6cccc7ccccc67)n5)ccc34)cc2)cc1. The van der Waals surface area contributed by atoms with Crippen LogP contribution in [0.3, 0.4) is 0 Å². The number of nitrogens with zero attached hydrogens (tertiary/aromatic N) is 4. The van der Waals surface area contributed by atoms with Gasteiger partial charge in [-0.2, -0.15) is 0 Å². The minimum absolute atomic E-state index is 0.582. The Bertz CT molecular complexity index is 3180. The largest absolute Gasteiger partial charge is 0.456 e. The molecule has 0 aliphatic rings. The van der Waals surface area contributed by atoms with Crippen LogP contribution < -0.4 is 4.90 Å². The molecule has 0 unspecified atom stereocenters. The smallest absolute Gasteiger partial charge is 0.164 e. The van der Waals surface area contributed by atoms with E-state index in [4.69, 9.17) is 19.4 Å². The van der Waals surface area contributed by atoms with E-state index >= 15 is 0 Å². The molecule has 0 saturated carbocycles. The monoisotopic (exact) mass is 742 g/mol. The summed E-state index contributed by atoms with van der Waals surface area (Å²) in [6.45, 7) is 0. The summed E-state index contributed by atoms with van der Waals surface area (Å²) in [5.74, 6) is 1.83. The van der Waals surface area contributed by atoms with Crippen LogP contribution in [0, 0.1) is 0 Å². The number of rotatable bonds is 7. The second-order valence-corrected chi connectivity index (χ2v) is 14.4. The quantitative estimate of drug-likeness (QED) is 0.163. The Morgan fingerprint density at radius 1 is 0.310 bits per heavy atom. The molecule has 2 heterocycles. The summed E-state index contributed by atoms with van der Waals surface area (Å²) in [5, 5.41) is 6.51. The zero-order valence-electron chi connectivity index (χ0n) is 31.3. The third-order valence-electron chi connectivity index (χ3n) is 10.9. The first-order valence-electron chi connectivity index (χ1n) is 19.4. The molecule has 2 aromatic heterocycles. The van der Waals surface area contributed by atoms with Crippen LogP contribution in [-0.4, -0.2) is 15.0 Å². The Kier molecular flexibility index (Phi) is 8.07. The Hall–Kier alpha value is -7.89. The van der Waals surface area contributed by atoms with Crippen LogP contribution in [0.1, 0.15) is 0 Å². The number of hydrogen-bond acceptors (Lipinski definition) is 5. The zero-order valence-corrected chi connectivity index (χ0v) is 31.3. The van der Waals surface area contributed by atoms with E-state index in [0.717, 1.165) is 77.2 Å². The van der Waals surface area contributed by atoms with Crippen molar-refractivity contribution in [3.8, 4) is 45.3 Å². The van der Waals surface area contributed by atoms with Gasteiger partial charge in [0, 0.05) is 50.6 Å². The molecule has 11 rings (SSSR count). The predicted molar refractivity (Wildman–Crippen MR) is 239 cm³/mol. The van der Waals surface area contributed by atoms with E-state index in [1.807, 2.05) is 12.1 Å². The molecule has 0 saturated heterocycles. The lowest BCUT2D eigenvalue weighted by atomic mass is 10.0. The van der Waals surface area contributed by atoms with E-state index in [2.05, 4.69) is 199 Å². The van der Waals surface area contributed by atoms with Gasteiger partial charge in [-0.15, -0.1) is 0 Å². The van der Waals surface area contributed by atoms with Crippen molar-refractivity contribution in [2.75, 3.05) is 4.90 Å². The summed E-state index contributed by atoms with van der Waals surface area (Å²) < 4.78 is 6.70. The van der Waals surface area contributed by atoms with Crippen LogP contribution in [-0.2, 0) is 0 Å². The number of furan rings is 1. The molecule has 0 amide bonds. The second kappa shape index (κ2) is 14.0. The van der Waals surface area contributed by atoms with Gasteiger partial charge in [-0.25, -0.2) is 15.0 Å². The molecule has 9 aromatic carbocycles. The molecule has 5 nitrogen and oxygen atoms in total. The molecule has 0 spiro atoms. The van der Waals surface area contributed by atoms with E-state index in [1.165, 1.54) is 11.1 Å². The number of aromatic nitrogens is 3. The van der Waals surface area contributed by atoms with Gasteiger partial charge in [-0.05, 0) is 81.2 Å². The summed E-state index contributed by atoms with van der Waals surface area (Å²) in [7, 11) is 0. The van der Waals surface area contributed by atoms with Gasteiger partial charge < -0.3 is 9.32 Å². The molecule has 11 aromatic rings. The van der Waals surface area contributed by atoms with Crippen molar-refractivity contribution in [1.82, 2.24) is 15.0 Å². The van der Waals surface area contributed by atoms with Crippen LogP contribution >= 0.6 is 0 Å². The Morgan fingerprint density at radius 3 is 1.43 bits per heavy atom. The van der Waals surface area contributed by atoms with Crippen molar-refractivity contribution < 1.29 is 4.42 Å². The topological polar surface area (TPSA) is 55.1 Å². The third kappa shape index (κ3) is 5.94. The minimum atomic E-state index is 0.582. The van der Waals surface area contributed by atoms with Crippen LogP contribution in [0.2, 0.25) is 0 Å². The zero-order chi connectivity index (χ0) is 38.4. The molecule has 0 atom stereocenters. The van der Waals surface area contributed by atoms with Crippen LogP contribution in [0.4, 0.5) is 17.1 Å². The fourth-order valence-electron chi connectivity index (χ4n) is 8.09. The molecule has 0 radical (unpaired) electrons. The molecule has 0 aliphatic heterocycles. The Morgan fingerprint density at radius 2 is 0.776 bits per heavy atom. The van der Waals surface area contributed by atoms with Crippen molar-refractivity contribution in [3.05, 3.63) is 206 Å². The van der Waals surface area contributed by atoms with Crippen molar-refractivity contribution in [2.24, 2.45) is 0 Å². The van der Waals surface area contributed by atoms with Gasteiger partial charge in [0.1, 0.15) is 11.2 Å². The molecular formula is C53H34N4O. The highest BCUT2D eigenvalue weighted by atomic mass is 16.3. The summed E-state index contributed by atoms with van der Waals surface area (Å²) in [6, 6.07) is 71.6. The minimum Gasteiger partial charge on any atom is -0.456 e. The normalized spacial score (nSPS) is 11.4. The van der Waals surface area contributed by atoms with E-state index in [-0.39, 0.29) is 0 Å². The molecule has 0 N–H and O–H groups in total. The summed E-state index contributed by atoms with van der Waals surface area (Å²) in [6.07, 6.45) is 0. The van der Waals surface area contributed by atoms with Crippen molar-refractivity contribution in [2.45, 2.75) is 0 Å². The molecule has 0 fully saturated rings. The van der Waals surface area contributed by atoms with Gasteiger partial charge in [0.15, 0.2) is 17.5 Å². The van der Waals surface area contributed by atoms with Crippen LogP contribution in [0.25, 0.3) is 88.8 Å².